The molecule has 20 heavy (non-hydrogen) atoms. The molecule has 0 unspecified atom stereocenters. The minimum atomic E-state index is -4.30. The van der Waals surface area contributed by atoms with Gasteiger partial charge < -0.3 is 5.11 Å². The summed E-state index contributed by atoms with van der Waals surface area (Å²) in [6, 6.07) is 7.60. The van der Waals surface area contributed by atoms with Gasteiger partial charge in [-0.25, -0.2) is 14.2 Å². The predicted octanol–water partition coefficient (Wildman–Crippen LogP) is 1.72. The van der Waals surface area contributed by atoms with E-state index in [1.54, 1.807) is 0 Å². The van der Waals surface area contributed by atoms with Gasteiger partial charge in [0, 0.05) is 6.20 Å². The van der Waals surface area contributed by atoms with Crippen molar-refractivity contribution in [3.05, 3.63) is 54.0 Å². The molecule has 8 heteroatoms. The molecule has 0 fully saturated rings. The Morgan fingerprint density at radius 3 is 2.55 bits per heavy atom. The van der Waals surface area contributed by atoms with Crippen molar-refractivity contribution in [1.82, 2.24) is 4.98 Å². The first-order valence-electron chi connectivity index (χ1n) is 5.37. The summed E-state index contributed by atoms with van der Waals surface area (Å²) < 4.78 is 39.4. The highest BCUT2D eigenvalue weighted by Gasteiger charge is 2.22. The molecule has 0 amide bonds. The maximum Gasteiger partial charge on any atom is 0.337 e. The van der Waals surface area contributed by atoms with Crippen LogP contribution < -0.4 is 4.72 Å². The van der Waals surface area contributed by atoms with Crippen molar-refractivity contribution in [3.63, 3.8) is 0 Å². The number of benzene rings is 1. The third-order valence-electron chi connectivity index (χ3n) is 2.38. The number of anilines is 1. The molecule has 0 aliphatic carbocycles. The van der Waals surface area contributed by atoms with Crippen LogP contribution in [0.3, 0.4) is 0 Å². The molecular weight excluding hydrogens is 287 g/mol. The number of nitrogens with zero attached hydrogens (tertiary/aromatic N) is 1. The molecule has 1 aromatic heterocycles. The summed E-state index contributed by atoms with van der Waals surface area (Å²) in [5.74, 6) is -2.32. The lowest BCUT2D eigenvalue weighted by molar-refractivity contribution is 0.0698. The summed E-state index contributed by atoms with van der Waals surface area (Å²) >= 11 is 0. The number of carbonyl (C=O) groups is 1. The van der Waals surface area contributed by atoms with Gasteiger partial charge in [0.05, 0.1) is 11.3 Å². The molecule has 104 valence electrons. The second-order valence-electron chi connectivity index (χ2n) is 3.75. The van der Waals surface area contributed by atoms with E-state index in [9.17, 15) is 17.6 Å². The number of halogens is 1. The Balaban J connectivity index is 2.45. The summed E-state index contributed by atoms with van der Waals surface area (Å²) in [6.07, 6.45) is 1.13. The van der Waals surface area contributed by atoms with E-state index in [0.29, 0.717) is 0 Å². The number of carboxylic acid groups (broad SMARTS) is 1. The molecule has 0 bridgehead atoms. The lowest BCUT2D eigenvalue weighted by Gasteiger charge is -2.10. The number of hydrogen-bond acceptors (Lipinski definition) is 4. The van der Waals surface area contributed by atoms with Gasteiger partial charge in [-0.3, -0.25) is 4.72 Å². The molecule has 6 nitrogen and oxygen atoms in total. The van der Waals surface area contributed by atoms with Crippen molar-refractivity contribution in [1.29, 1.82) is 0 Å². The van der Waals surface area contributed by atoms with Crippen LogP contribution in [-0.2, 0) is 10.0 Å². The van der Waals surface area contributed by atoms with E-state index in [2.05, 4.69) is 4.98 Å². The van der Waals surface area contributed by atoms with Crippen molar-refractivity contribution in [2.75, 3.05) is 4.72 Å². The fraction of sp³-hybridized carbons (Fsp3) is 0. The van der Waals surface area contributed by atoms with E-state index in [1.807, 2.05) is 4.72 Å². The second-order valence-corrected chi connectivity index (χ2v) is 5.34. The first-order valence-corrected chi connectivity index (χ1v) is 6.86. The van der Waals surface area contributed by atoms with Crippen LogP contribution >= 0.6 is 0 Å². The van der Waals surface area contributed by atoms with Gasteiger partial charge in [0.2, 0.25) is 5.03 Å². The van der Waals surface area contributed by atoms with Gasteiger partial charge in [0.15, 0.2) is 5.82 Å². The number of pyridine rings is 1. The molecule has 0 aliphatic rings. The summed E-state index contributed by atoms with van der Waals surface area (Å²) in [5.41, 5.74) is -0.405. The van der Waals surface area contributed by atoms with Crippen LogP contribution in [0.4, 0.5) is 10.1 Å². The fourth-order valence-electron chi connectivity index (χ4n) is 1.52. The number of nitrogens with one attached hydrogen (secondary N) is 1. The van der Waals surface area contributed by atoms with Crippen molar-refractivity contribution in [3.8, 4) is 0 Å². The van der Waals surface area contributed by atoms with Crippen molar-refractivity contribution in [2.24, 2.45) is 0 Å². The predicted molar refractivity (Wildman–Crippen MR) is 68.4 cm³/mol. The Morgan fingerprint density at radius 1 is 1.20 bits per heavy atom. The van der Waals surface area contributed by atoms with Crippen LogP contribution in [0.2, 0.25) is 0 Å². The zero-order valence-electron chi connectivity index (χ0n) is 9.95. The number of aromatic nitrogens is 1. The normalized spacial score (nSPS) is 11.1. The standard InChI is InChI=1S/C12H9FN2O4S/c13-9-5-3-7-14-11(9)20(18,19)15-10-6-2-1-4-8(10)12(16)17/h1-7,15H,(H,16,17). The van der Waals surface area contributed by atoms with E-state index in [0.717, 1.165) is 12.3 Å². The van der Waals surface area contributed by atoms with Gasteiger partial charge in [-0.15, -0.1) is 0 Å². The van der Waals surface area contributed by atoms with Gasteiger partial charge in [-0.2, -0.15) is 8.42 Å². The van der Waals surface area contributed by atoms with Crippen LogP contribution in [-0.4, -0.2) is 24.5 Å². The third-order valence-corrected chi connectivity index (χ3v) is 3.68. The maximum absolute atomic E-state index is 13.4. The molecule has 0 atom stereocenters. The molecule has 0 saturated heterocycles. The first kappa shape index (κ1) is 13.9. The molecule has 2 rings (SSSR count). The lowest BCUT2D eigenvalue weighted by atomic mass is 10.2. The summed E-state index contributed by atoms with van der Waals surface area (Å²) in [5, 5.41) is 8.17. The quantitative estimate of drug-likeness (QED) is 0.895. The second kappa shape index (κ2) is 5.25. The van der Waals surface area contributed by atoms with Crippen LogP contribution in [0.25, 0.3) is 0 Å². The van der Waals surface area contributed by atoms with Crippen molar-refractivity contribution in [2.45, 2.75) is 5.03 Å². The fourth-order valence-corrected chi connectivity index (χ4v) is 2.61. The number of carboxylic acids is 1. The molecule has 0 saturated carbocycles. The van der Waals surface area contributed by atoms with Gasteiger partial charge in [-0.1, -0.05) is 12.1 Å². The average Bonchev–Trinajstić information content (AvgIpc) is 2.39. The topological polar surface area (TPSA) is 96.4 Å². The van der Waals surface area contributed by atoms with Crippen LogP contribution in [0.5, 0.6) is 0 Å². The summed E-state index contributed by atoms with van der Waals surface area (Å²) in [7, 11) is -4.30. The van der Waals surface area contributed by atoms with E-state index >= 15 is 0 Å². The average molecular weight is 296 g/mol. The number of sulfonamides is 1. The number of para-hydroxylation sites is 1. The number of aromatic carboxylic acids is 1. The monoisotopic (exact) mass is 296 g/mol. The Hall–Kier alpha value is -2.48. The molecule has 0 aliphatic heterocycles. The lowest BCUT2D eigenvalue weighted by Crippen LogP contribution is -2.18. The molecular formula is C12H9FN2O4S. The SMILES string of the molecule is O=C(O)c1ccccc1NS(=O)(=O)c1ncccc1F. The Bertz CT molecular complexity index is 762. The largest absolute Gasteiger partial charge is 0.478 e. The molecule has 2 N–H and O–H groups in total. The summed E-state index contributed by atoms with van der Waals surface area (Å²) in [4.78, 5) is 14.4. The minimum Gasteiger partial charge on any atom is -0.478 e. The first-order chi connectivity index (χ1) is 9.42. The van der Waals surface area contributed by atoms with E-state index in [-0.39, 0.29) is 11.3 Å². The highest BCUT2D eigenvalue weighted by atomic mass is 32.2. The highest BCUT2D eigenvalue weighted by Crippen LogP contribution is 2.20. The minimum absolute atomic E-state index is 0.162. The van der Waals surface area contributed by atoms with E-state index in [1.165, 1.54) is 30.3 Å². The van der Waals surface area contributed by atoms with Crippen molar-refractivity contribution < 1.29 is 22.7 Å². The van der Waals surface area contributed by atoms with Crippen LogP contribution in [0.15, 0.2) is 47.6 Å². The zero-order valence-corrected chi connectivity index (χ0v) is 10.8. The van der Waals surface area contributed by atoms with E-state index < -0.39 is 26.8 Å². The van der Waals surface area contributed by atoms with E-state index in [4.69, 9.17) is 5.11 Å². The molecule has 2 aromatic rings. The Morgan fingerprint density at radius 2 is 1.90 bits per heavy atom. The van der Waals surface area contributed by atoms with Crippen LogP contribution in [0.1, 0.15) is 10.4 Å². The van der Waals surface area contributed by atoms with Gasteiger partial charge >= 0.3 is 5.97 Å². The number of hydrogen-bond donors (Lipinski definition) is 2. The molecule has 0 spiro atoms. The summed E-state index contributed by atoms with van der Waals surface area (Å²) in [6.45, 7) is 0. The maximum atomic E-state index is 13.4. The molecule has 1 aromatic carbocycles. The zero-order chi connectivity index (χ0) is 14.8. The molecule has 0 radical (unpaired) electrons. The van der Waals surface area contributed by atoms with Gasteiger partial charge in [0.1, 0.15) is 0 Å². The molecule has 1 heterocycles. The smallest absolute Gasteiger partial charge is 0.337 e. The van der Waals surface area contributed by atoms with Gasteiger partial charge in [0.25, 0.3) is 10.0 Å². The van der Waals surface area contributed by atoms with Crippen molar-refractivity contribution >= 4 is 21.7 Å². The Kier molecular flexibility index (Phi) is 3.66. The Labute approximate surface area is 114 Å². The number of rotatable bonds is 4. The highest BCUT2D eigenvalue weighted by molar-refractivity contribution is 7.92. The van der Waals surface area contributed by atoms with Crippen LogP contribution in [0, 0.1) is 5.82 Å². The van der Waals surface area contributed by atoms with Gasteiger partial charge in [-0.05, 0) is 24.3 Å². The third kappa shape index (κ3) is 2.75.